The van der Waals surface area contributed by atoms with Gasteiger partial charge in [0.1, 0.15) is 0 Å². The highest BCUT2D eigenvalue weighted by Gasteiger charge is 2.07. The molecule has 0 fully saturated rings. The van der Waals surface area contributed by atoms with Crippen molar-refractivity contribution in [2.45, 2.75) is 26.4 Å². The highest BCUT2D eigenvalue weighted by atomic mass is 16.2. The predicted molar refractivity (Wildman–Crippen MR) is 54.5 cm³/mol. The van der Waals surface area contributed by atoms with Gasteiger partial charge < -0.3 is 11.1 Å². The van der Waals surface area contributed by atoms with Gasteiger partial charge in [-0.15, -0.1) is 0 Å². The zero-order chi connectivity index (χ0) is 10.6. The lowest BCUT2D eigenvalue weighted by Gasteiger charge is -2.08. The number of nitrogens with one attached hydrogen (secondary N) is 1. The number of amides is 1. The number of aryl methyl sites for hydroxylation is 1. The third-order valence-electron chi connectivity index (χ3n) is 1.96. The summed E-state index contributed by atoms with van der Waals surface area (Å²) in [6.07, 6.45) is 1.71. The second kappa shape index (κ2) is 4.72. The summed E-state index contributed by atoms with van der Waals surface area (Å²) >= 11 is 0. The van der Waals surface area contributed by atoms with Crippen LogP contribution in [-0.4, -0.2) is 16.9 Å². The second-order valence-electron chi connectivity index (χ2n) is 3.27. The summed E-state index contributed by atoms with van der Waals surface area (Å²) in [5, 5.41) is 2.71. The molecule has 0 aliphatic carbocycles. The van der Waals surface area contributed by atoms with Gasteiger partial charge in [0.2, 0.25) is 5.91 Å². The summed E-state index contributed by atoms with van der Waals surface area (Å²) in [4.78, 5) is 15.3. The molecule has 76 valence electrons. The molecule has 1 atom stereocenters. The summed E-state index contributed by atoms with van der Waals surface area (Å²) in [6.45, 7) is 4.05. The van der Waals surface area contributed by atoms with E-state index in [1.807, 2.05) is 19.1 Å². The van der Waals surface area contributed by atoms with Crippen LogP contribution in [0.25, 0.3) is 0 Å². The fourth-order valence-electron chi connectivity index (χ4n) is 1.04. The first-order valence-electron chi connectivity index (χ1n) is 4.55. The van der Waals surface area contributed by atoms with Crippen LogP contribution in [0.3, 0.4) is 0 Å². The molecule has 0 aromatic carbocycles. The summed E-state index contributed by atoms with van der Waals surface area (Å²) in [6, 6.07) is 3.35. The first-order valence-corrected chi connectivity index (χ1v) is 4.55. The fraction of sp³-hybridized carbons (Fsp3) is 0.400. The van der Waals surface area contributed by atoms with Crippen molar-refractivity contribution >= 4 is 5.91 Å². The molecule has 1 rings (SSSR count). The van der Waals surface area contributed by atoms with E-state index in [4.69, 9.17) is 5.73 Å². The molecule has 0 aliphatic rings. The smallest absolute Gasteiger partial charge is 0.236 e. The normalized spacial score (nSPS) is 12.2. The van der Waals surface area contributed by atoms with E-state index in [1.165, 1.54) is 0 Å². The van der Waals surface area contributed by atoms with E-state index in [0.29, 0.717) is 6.54 Å². The summed E-state index contributed by atoms with van der Waals surface area (Å²) < 4.78 is 0. The van der Waals surface area contributed by atoms with Crippen molar-refractivity contribution in [3.63, 3.8) is 0 Å². The Morgan fingerprint density at radius 3 is 3.00 bits per heavy atom. The van der Waals surface area contributed by atoms with Crippen LogP contribution in [0.5, 0.6) is 0 Å². The topological polar surface area (TPSA) is 68.0 Å². The minimum atomic E-state index is -0.473. The van der Waals surface area contributed by atoms with Crippen molar-refractivity contribution in [2.24, 2.45) is 5.73 Å². The standard InChI is InChI=1S/C10H15N3O/c1-7-4-3-5-12-9(7)6-13-10(14)8(2)11/h3-5,8H,6,11H2,1-2H3,(H,13,14)/t8-/m1/s1. The van der Waals surface area contributed by atoms with Gasteiger partial charge in [0.15, 0.2) is 0 Å². The van der Waals surface area contributed by atoms with Crippen molar-refractivity contribution in [1.29, 1.82) is 0 Å². The first-order chi connectivity index (χ1) is 6.61. The summed E-state index contributed by atoms with van der Waals surface area (Å²) in [7, 11) is 0. The van der Waals surface area contributed by atoms with Crippen molar-refractivity contribution in [3.8, 4) is 0 Å². The number of rotatable bonds is 3. The SMILES string of the molecule is Cc1cccnc1CNC(=O)[C@@H](C)N. The molecule has 0 bridgehead atoms. The number of aromatic nitrogens is 1. The monoisotopic (exact) mass is 193 g/mol. The lowest BCUT2D eigenvalue weighted by atomic mass is 10.2. The van der Waals surface area contributed by atoms with E-state index in [2.05, 4.69) is 10.3 Å². The number of nitrogens with zero attached hydrogens (tertiary/aromatic N) is 1. The molecular formula is C10H15N3O. The Morgan fingerprint density at radius 1 is 1.71 bits per heavy atom. The highest BCUT2D eigenvalue weighted by molar-refractivity contribution is 5.80. The fourth-order valence-corrected chi connectivity index (χ4v) is 1.04. The zero-order valence-electron chi connectivity index (χ0n) is 8.45. The average molecular weight is 193 g/mol. The van der Waals surface area contributed by atoms with Crippen molar-refractivity contribution in [1.82, 2.24) is 10.3 Å². The zero-order valence-corrected chi connectivity index (χ0v) is 8.45. The molecule has 0 spiro atoms. The maximum Gasteiger partial charge on any atom is 0.236 e. The first kappa shape index (κ1) is 10.7. The van der Waals surface area contributed by atoms with Crippen LogP contribution in [0.15, 0.2) is 18.3 Å². The molecule has 4 heteroatoms. The maximum absolute atomic E-state index is 11.2. The number of hydrogen-bond donors (Lipinski definition) is 2. The van der Waals surface area contributed by atoms with Crippen molar-refractivity contribution < 1.29 is 4.79 Å². The van der Waals surface area contributed by atoms with E-state index in [-0.39, 0.29) is 5.91 Å². The number of pyridine rings is 1. The number of carbonyl (C=O) groups excluding carboxylic acids is 1. The van der Waals surface area contributed by atoms with Gasteiger partial charge in [0.25, 0.3) is 0 Å². The Hall–Kier alpha value is -1.42. The van der Waals surface area contributed by atoms with Gasteiger partial charge in [0.05, 0.1) is 18.3 Å². The molecule has 0 radical (unpaired) electrons. The molecule has 0 saturated heterocycles. The molecule has 1 amide bonds. The molecule has 0 unspecified atom stereocenters. The van der Waals surface area contributed by atoms with Crippen LogP contribution in [-0.2, 0) is 11.3 Å². The van der Waals surface area contributed by atoms with Gasteiger partial charge in [0, 0.05) is 6.20 Å². The quantitative estimate of drug-likeness (QED) is 0.728. The van der Waals surface area contributed by atoms with E-state index in [9.17, 15) is 4.79 Å². The second-order valence-corrected chi connectivity index (χ2v) is 3.27. The van der Waals surface area contributed by atoms with Crippen LogP contribution in [0.1, 0.15) is 18.2 Å². The predicted octanol–water partition coefficient (Wildman–Crippen LogP) is 0.353. The molecule has 3 N–H and O–H groups in total. The Kier molecular flexibility index (Phi) is 3.59. The third-order valence-corrected chi connectivity index (χ3v) is 1.96. The van der Waals surface area contributed by atoms with Gasteiger partial charge >= 0.3 is 0 Å². The lowest BCUT2D eigenvalue weighted by Crippen LogP contribution is -2.38. The van der Waals surface area contributed by atoms with Crippen LogP contribution in [0.2, 0.25) is 0 Å². The number of hydrogen-bond acceptors (Lipinski definition) is 3. The minimum Gasteiger partial charge on any atom is -0.349 e. The van der Waals surface area contributed by atoms with Gasteiger partial charge in [-0.2, -0.15) is 0 Å². The Balaban J connectivity index is 2.54. The van der Waals surface area contributed by atoms with Crippen molar-refractivity contribution in [2.75, 3.05) is 0 Å². The van der Waals surface area contributed by atoms with Crippen LogP contribution in [0, 0.1) is 6.92 Å². The van der Waals surface area contributed by atoms with Gasteiger partial charge in [-0.1, -0.05) is 6.07 Å². The maximum atomic E-state index is 11.2. The number of carbonyl (C=O) groups is 1. The molecule has 0 saturated carbocycles. The largest absolute Gasteiger partial charge is 0.349 e. The molecule has 1 aromatic heterocycles. The van der Waals surface area contributed by atoms with E-state index < -0.39 is 6.04 Å². The Morgan fingerprint density at radius 2 is 2.43 bits per heavy atom. The molecule has 1 heterocycles. The summed E-state index contributed by atoms with van der Waals surface area (Å²) in [5.41, 5.74) is 7.35. The highest BCUT2D eigenvalue weighted by Crippen LogP contribution is 2.01. The number of nitrogens with two attached hydrogens (primary N) is 1. The Bertz CT molecular complexity index is 323. The molecule has 4 nitrogen and oxygen atoms in total. The van der Waals surface area contributed by atoms with E-state index in [1.54, 1.807) is 13.1 Å². The van der Waals surface area contributed by atoms with Gasteiger partial charge in [-0.25, -0.2) is 0 Å². The van der Waals surface area contributed by atoms with Crippen LogP contribution in [0.4, 0.5) is 0 Å². The minimum absolute atomic E-state index is 0.157. The summed E-state index contributed by atoms with van der Waals surface area (Å²) in [5.74, 6) is -0.157. The molecule has 14 heavy (non-hydrogen) atoms. The molecule has 0 aliphatic heterocycles. The van der Waals surface area contributed by atoms with E-state index in [0.717, 1.165) is 11.3 Å². The van der Waals surface area contributed by atoms with Crippen LogP contribution < -0.4 is 11.1 Å². The molecule has 1 aromatic rings. The van der Waals surface area contributed by atoms with Crippen LogP contribution >= 0.6 is 0 Å². The van der Waals surface area contributed by atoms with Crippen molar-refractivity contribution in [3.05, 3.63) is 29.6 Å². The lowest BCUT2D eigenvalue weighted by molar-refractivity contribution is -0.122. The average Bonchev–Trinajstić information content (AvgIpc) is 2.16. The van der Waals surface area contributed by atoms with E-state index >= 15 is 0 Å². The van der Waals surface area contributed by atoms with Gasteiger partial charge in [-0.05, 0) is 25.5 Å². The molecular weight excluding hydrogens is 178 g/mol. The third kappa shape index (κ3) is 2.81. The Labute approximate surface area is 83.5 Å². The van der Waals surface area contributed by atoms with Gasteiger partial charge in [-0.3, -0.25) is 9.78 Å².